The third-order valence-electron chi connectivity index (χ3n) is 2.48. The summed E-state index contributed by atoms with van der Waals surface area (Å²) in [5, 5.41) is 0. The number of para-hydroxylation sites is 1. The van der Waals surface area contributed by atoms with Gasteiger partial charge in [0.1, 0.15) is 12.4 Å². The molecule has 2 heteroatoms. The van der Waals surface area contributed by atoms with Crippen LogP contribution in [0.5, 0.6) is 5.75 Å². The van der Waals surface area contributed by atoms with Gasteiger partial charge in [0.15, 0.2) is 0 Å². The second-order valence-electron chi connectivity index (χ2n) is 3.62. The molecule has 1 nitrogen and oxygen atoms in total. The van der Waals surface area contributed by atoms with Gasteiger partial charge in [0.05, 0.1) is 0 Å². The molecule has 0 atom stereocenters. The van der Waals surface area contributed by atoms with Crippen molar-refractivity contribution in [2.45, 2.75) is 6.61 Å². The topological polar surface area (TPSA) is 9.23 Å². The van der Waals surface area contributed by atoms with Gasteiger partial charge in [-0.05, 0) is 12.1 Å². The molecule has 17 heavy (non-hydrogen) atoms. The fourth-order valence-electron chi connectivity index (χ4n) is 1.55. The van der Waals surface area contributed by atoms with E-state index in [-0.39, 0.29) is 0 Å². The third kappa shape index (κ3) is 2.98. The molecule has 0 radical (unpaired) electrons. The van der Waals surface area contributed by atoms with E-state index in [9.17, 15) is 0 Å². The summed E-state index contributed by atoms with van der Waals surface area (Å²) in [6.07, 6.45) is 1.80. The lowest BCUT2D eigenvalue weighted by Gasteiger charge is -2.10. The second kappa shape index (κ2) is 5.69. The maximum atomic E-state index is 5.79. The Hall–Kier alpha value is -1.54. The van der Waals surface area contributed by atoms with Gasteiger partial charge in [0, 0.05) is 15.6 Å². The highest BCUT2D eigenvalue weighted by molar-refractivity contribution is 9.10. The summed E-state index contributed by atoms with van der Waals surface area (Å²) in [6, 6.07) is 15.9. The van der Waals surface area contributed by atoms with Crippen LogP contribution in [-0.2, 0) is 6.61 Å². The largest absolute Gasteiger partial charge is 0.488 e. The number of benzene rings is 2. The molecule has 0 aromatic heterocycles. The Balaban J connectivity index is 2.13. The Morgan fingerprint density at radius 3 is 2.53 bits per heavy atom. The Kier molecular flexibility index (Phi) is 3.99. The van der Waals surface area contributed by atoms with Gasteiger partial charge in [-0.25, -0.2) is 0 Å². The number of hydrogen-bond acceptors (Lipinski definition) is 1. The van der Waals surface area contributed by atoms with Crippen LogP contribution in [0.1, 0.15) is 11.1 Å². The zero-order valence-electron chi connectivity index (χ0n) is 9.40. The molecule has 2 aromatic carbocycles. The smallest absolute Gasteiger partial charge is 0.127 e. The highest BCUT2D eigenvalue weighted by atomic mass is 79.9. The van der Waals surface area contributed by atoms with Crippen molar-refractivity contribution in [2.75, 3.05) is 0 Å². The Morgan fingerprint density at radius 1 is 1.06 bits per heavy atom. The average molecular weight is 289 g/mol. The first kappa shape index (κ1) is 11.9. The molecule has 2 rings (SSSR count). The van der Waals surface area contributed by atoms with E-state index < -0.39 is 0 Å². The standard InChI is InChI=1S/C15H13BrO/c1-2-12-7-4-6-10-15(12)17-11-13-8-3-5-9-14(13)16/h2-10H,1,11H2. The van der Waals surface area contributed by atoms with E-state index in [2.05, 4.69) is 22.5 Å². The quantitative estimate of drug-likeness (QED) is 0.794. The monoisotopic (exact) mass is 288 g/mol. The van der Waals surface area contributed by atoms with Gasteiger partial charge in [-0.2, -0.15) is 0 Å². The molecular weight excluding hydrogens is 276 g/mol. The molecule has 86 valence electrons. The highest BCUT2D eigenvalue weighted by Gasteiger charge is 2.02. The summed E-state index contributed by atoms with van der Waals surface area (Å²) in [5.41, 5.74) is 2.14. The summed E-state index contributed by atoms with van der Waals surface area (Å²) < 4.78 is 6.86. The van der Waals surface area contributed by atoms with E-state index >= 15 is 0 Å². The molecule has 0 saturated carbocycles. The van der Waals surface area contributed by atoms with Crippen LogP contribution in [0.4, 0.5) is 0 Å². The third-order valence-corrected chi connectivity index (χ3v) is 3.25. The first-order valence-electron chi connectivity index (χ1n) is 5.39. The van der Waals surface area contributed by atoms with Crippen molar-refractivity contribution in [3.05, 3.63) is 70.7 Å². The minimum atomic E-state index is 0.548. The molecule has 0 unspecified atom stereocenters. The van der Waals surface area contributed by atoms with Gasteiger partial charge >= 0.3 is 0 Å². The molecule has 0 bridgehead atoms. The van der Waals surface area contributed by atoms with Crippen molar-refractivity contribution in [1.82, 2.24) is 0 Å². The van der Waals surface area contributed by atoms with Crippen LogP contribution in [-0.4, -0.2) is 0 Å². The van der Waals surface area contributed by atoms with E-state index in [1.807, 2.05) is 48.5 Å². The van der Waals surface area contributed by atoms with Crippen LogP contribution in [0.25, 0.3) is 6.08 Å². The number of ether oxygens (including phenoxy) is 1. The first-order chi connectivity index (χ1) is 8.31. The lowest BCUT2D eigenvalue weighted by atomic mass is 10.2. The van der Waals surface area contributed by atoms with Gasteiger partial charge in [-0.1, -0.05) is 65.0 Å². The molecule has 0 fully saturated rings. The van der Waals surface area contributed by atoms with Crippen LogP contribution >= 0.6 is 15.9 Å². The molecule has 0 heterocycles. The maximum Gasteiger partial charge on any atom is 0.127 e. The summed E-state index contributed by atoms with van der Waals surface area (Å²) in [6.45, 7) is 4.32. The predicted molar refractivity (Wildman–Crippen MR) is 75.0 cm³/mol. The maximum absolute atomic E-state index is 5.79. The lowest BCUT2D eigenvalue weighted by Crippen LogP contribution is -1.97. The first-order valence-corrected chi connectivity index (χ1v) is 6.18. The Morgan fingerprint density at radius 2 is 1.76 bits per heavy atom. The van der Waals surface area contributed by atoms with Crippen molar-refractivity contribution >= 4 is 22.0 Å². The molecular formula is C15H13BrO. The van der Waals surface area contributed by atoms with E-state index in [4.69, 9.17) is 4.74 Å². The SMILES string of the molecule is C=Cc1ccccc1OCc1ccccc1Br. The van der Waals surface area contributed by atoms with Crippen molar-refractivity contribution in [2.24, 2.45) is 0 Å². The molecule has 0 N–H and O–H groups in total. The van der Waals surface area contributed by atoms with E-state index in [0.717, 1.165) is 21.3 Å². The number of rotatable bonds is 4. The number of hydrogen-bond donors (Lipinski definition) is 0. The fraction of sp³-hybridized carbons (Fsp3) is 0.0667. The van der Waals surface area contributed by atoms with Gasteiger partial charge in [0.2, 0.25) is 0 Å². The Labute approximate surface area is 110 Å². The van der Waals surface area contributed by atoms with Crippen LogP contribution in [0.3, 0.4) is 0 Å². The second-order valence-corrected chi connectivity index (χ2v) is 4.48. The van der Waals surface area contributed by atoms with Crippen molar-refractivity contribution in [3.8, 4) is 5.75 Å². The molecule has 0 aliphatic heterocycles. The molecule has 0 aliphatic rings. The van der Waals surface area contributed by atoms with Gasteiger partial charge in [-0.15, -0.1) is 0 Å². The Bertz CT molecular complexity index is 520. The summed E-state index contributed by atoms with van der Waals surface area (Å²) in [5.74, 6) is 0.859. The highest BCUT2D eigenvalue weighted by Crippen LogP contribution is 2.22. The summed E-state index contributed by atoms with van der Waals surface area (Å²) in [7, 11) is 0. The summed E-state index contributed by atoms with van der Waals surface area (Å²) >= 11 is 3.51. The zero-order chi connectivity index (χ0) is 12.1. The predicted octanol–water partition coefficient (Wildman–Crippen LogP) is 4.67. The fourth-order valence-corrected chi connectivity index (χ4v) is 1.95. The van der Waals surface area contributed by atoms with Gasteiger partial charge < -0.3 is 4.74 Å². The van der Waals surface area contributed by atoms with Crippen LogP contribution in [0, 0.1) is 0 Å². The van der Waals surface area contributed by atoms with E-state index in [0.29, 0.717) is 6.61 Å². The van der Waals surface area contributed by atoms with E-state index in [1.54, 1.807) is 6.08 Å². The normalized spacial score (nSPS) is 9.94. The van der Waals surface area contributed by atoms with Crippen molar-refractivity contribution in [1.29, 1.82) is 0 Å². The van der Waals surface area contributed by atoms with Crippen LogP contribution < -0.4 is 4.74 Å². The summed E-state index contributed by atoms with van der Waals surface area (Å²) in [4.78, 5) is 0. The van der Waals surface area contributed by atoms with E-state index in [1.165, 1.54) is 0 Å². The molecule has 0 amide bonds. The molecule has 0 spiro atoms. The van der Waals surface area contributed by atoms with Gasteiger partial charge in [-0.3, -0.25) is 0 Å². The minimum absolute atomic E-state index is 0.548. The van der Waals surface area contributed by atoms with Gasteiger partial charge in [0.25, 0.3) is 0 Å². The molecule has 0 aliphatic carbocycles. The molecule has 2 aromatic rings. The van der Waals surface area contributed by atoms with Crippen molar-refractivity contribution in [3.63, 3.8) is 0 Å². The van der Waals surface area contributed by atoms with Crippen molar-refractivity contribution < 1.29 is 4.74 Å². The number of halogens is 1. The minimum Gasteiger partial charge on any atom is -0.488 e. The average Bonchev–Trinajstić information content (AvgIpc) is 2.38. The zero-order valence-corrected chi connectivity index (χ0v) is 11.0. The lowest BCUT2D eigenvalue weighted by molar-refractivity contribution is 0.305. The molecule has 0 saturated heterocycles. The van der Waals surface area contributed by atoms with Crippen LogP contribution in [0.15, 0.2) is 59.6 Å². The van der Waals surface area contributed by atoms with Crippen LogP contribution in [0.2, 0.25) is 0 Å².